The van der Waals surface area contributed by atoms with Crippen LogP contribution in [0.15, 0.2) is 54.1 Å². The first-order valence-electron chi connectivity index (χ1n) is 7.39. The van der Waals surface area contributed by atoms with E-state index in [1.807, 2.05) is 32.3 Å². The van der Waals surface area contributed by atoms with E-state index in [-0.39, 0.29) is 0 Å². The van der Waals surface area contributed by atoms with Gasteiger partial charge < -0.3 is 10.0 Å². The fourth-order valence-corrected chi connectivity index (χ4v) is 2.88. The molecule has 1 aliphatic carbocycles. The van der Waals surface area contributed by atoms with Gasteiger partial charge in [-0.15, -0.1) is 0 Å². The van der Waals surface area contributed by atoms with E-state index in [1.54, 1.807) is 0 Å². The summed E-state index contributed by atoms with van der Waals surface area (Å²) in [5.41, 5.74) is 5.76. The average molecular weight is 279 g/mol. The predicted molar refractivity (Wildman–Crippen MR) is 88.5 cm³/mol. The molecule has 0 aromatic heterocycles. The van der Waals surface area contributed by atoms with Crippen LogP contribution in [0, 0.1) is 0 Å². The van der Waals surface area contributed by atoms with Gasteiger partial charge in [0, 0.05) is 19.8 Å². The quantitative estimate of drug-likeness (QED) is 0.903. The zero-order valence-electron chi connectivity index (χ0n) is 12.6. The maximum Gasteiger partial charge on any atom is 0.101 e. The average Bonchev–Trinajstić information content (AvgIpc) is 2.51. The summed E-state index contributed by atoms with van der Waals surface area (Å²) in [6.07, 6.45) is 3.59. The number of benzene rings is 2. The summed E-state index contributed by atoms with van der Waals surface area (Å²) >= 11 is 0. The van der Waals surface area contributed by atoms with Crippen molar-refractivity contribution in [3.8, 4) is 0 Å². The Kier molecular flexibility index (Phi) is 3.80. The molecule has 0 spiro atoms. The molecule has 3 rings (SSSR count). The maximum absolute atomic E-state index is 10.5. The van der Waals surface area contributed by atoms with Crippen molar-refractivity contribution < 1.29 is 5.11 Å². The lowest BCUT2D eigenvalue weighted by Gasteiger charge is -2.24. The van der Waals surface area contributed by atoms with Crippen molar-refractivity contribution in [2.24, 2.45) is 0 Å². The van der Waals surface area contributed by atoms with Gasteiger partial charge in [0.05, 0.1) is 0 Å². The summed E-state index contributed by atoms with van der Waals surface area (Å²) in [5.74, 6) is 0. The van der Waals surface area contributed by atoms with Crippen LogP contribution in [0.3, 0.4) is 0 Å². The second kappa shape index (κ2) is 5.74. The van der Waals surface area contributed by atoms with Crippen LogP contribution in [-0.4, -0.2) is 19.2 Å². The number of rotatable bonds is 2. The molecule has 0 radical (unpaired) electrons. The highest BCUT2D eigenvalue weighted by Crippen LogP contribution is 2.34. The van der Waals surface area contributed by atoms with E-state index < -0.39 is 6.10 Å². The van der Waals surface area contributed by atoms with E-state index in [0.717, 1.165) is 29.5 Å². The highest BCUT2D eigenvalue weighted by Gasteiger charge is 2.21. The van der Waals surface area contributed by atoms with Gasteiger partial charge in [0.25, 0.3) is 0 Å². The predicted octanol–water partition coefficient (Wildman–Crippen LogP) is 3.82. The minimum Gasteiger partial charge on any atom is -0.384 e. The molecular formula is C19H21NO. The molecule has 0 bridgehead atoms. The maximum atomic E-state index is 10.5. The van der Waals surface area contributed by atoms with Crippen molar-refractivity contribution in [2.75, 3.05) is 19.0 Å². The summed E-state index contributed by atoms with van der Waals surface area (Å²) in [5, 5.41) is 10.5. The van der Waals surface area contributed by atoms with Crippen LogP contribution < -0.4 is 4.90 Å². The fraction of sp³-hybridized carbons (Fsp3) is 0.263. The van der Waals surface area contributed by atoms with Gasteiger partial charge in [-0.1, -0.05) is 42.5 Å². The highest BCUT2D eigenvalue weighted by molar-refractivity contribution is 5.59. The molecule has 0 saturated carbocycles. The SMILES string of the molecule is CN(C)c1ccc(/C=C2\CCc3ccccc3C2O)cc1. The molecule has 1 N–H and O–H groups in total. The van der Waals surface area contributed by atoms with E-state index >= 15 is 0 Å². The van der Waals surface area contributed by atoms with Gasteiger partial charge in [-0.25, -0.2) is 0 Å². The van der Waals surface area contributed by atoms with Gasteiger partial charge >= 0.3 is 0 Å². The number of anilines is 1. The Labute approximate surface area is 126 Å². The summed E-state index contributed by atoms with van der Waals surface area (Å²) in [6.45, 7) is 0. The Bertz CT molecular complexity index is 656. The summed E-state index contributed by atoms with van der Waals surface area (Å²) in [4.78, 5) is 2.09. The van der Waals surface area contributed by atoms with Crippen LogP contribution in [0.4, 0.5) is 5.69 Å². The molecule has 0 fully saturated rings. The summed E-state index contributed by atoms with van der Waals surface area (Å²) in [6, 6.07) is 16.6. The Hall–Kier alpha value is -2.06. The Morgan fingerprint density at radius 3 is 2.43 bits per heavy atom. The van der Waals surface area contributed by atoms with Crippen LogP contribution in [0.2, 0.25) is 0 Å². The highest BCUT2D eigenvalue weighted by atomic mass is 16.3. The number of aliphatic hydroxyl groups is 1. The normalized spacial score (nSPS) is 19.4. The largest absolute Gasteiger partial charge is 0.384 e. The lowest BCUT2D eigenvalue weighted by molar-refractivity contribution is 0.206. The molecule has 0 saturated heterocycles. The molecule has 1 atom stereocenters. The zero-order chi connectivity index (χ0) is 14.8. The van der Waals surface area contributed by atoms with Crippen molar-refractivity contribution in [1.29, 1.82) is 0 Å². The summed E-state index contributed by atoms with van der Waals surface area (Å²) in [7, 11) is 4.07. The number of aryl methyl sites for hydroxylation is 1. The van der Waals surface area contributed by atoms with Gasteiger partial charge in [0.2, 0.25) is 0 Å². The molecule has 108 valence electrons. The molecule has 1 unspecified atom stereocenters. The molecule has 1 aliphatic rings. The Morgan fingerprint density at radius 1 is 1.00 bits per heavy atom. The molecule has 0 heterocycles. The number of fused-ring (bicyclic) bond motifs is 1. The Balaban J connectivity index is 1.87. The van der Waals surface area contributed by atoms with Crippen LogP contribution in [0.25, 0.3) is 6.08 Å². The third-order valence-corrected chi connectivity index (χ3v) is 4.15. The van der Waals surface area contributed by atoms with E-state index in [9.17, 15) is 5.11 Å². The van der Waals surface area contributed by atoms with Crippen LogP contribution in [0.5, 0.6) is 0 Å². The van der Waals surface area contributed by atoms with Crippen LogP contribution >= 0.6 is 0 Å². The first-order chi connectivity index (χ1) is 10.1. The van der Waals surface area contributed by atoms with Crippen LogP contribution in [-0.2, 0) is 6.42 Å². The smallest absolute Gasteiger partial charge is 0.101 e. The van der Waals surface area contributed by atoms with E-state index in [1.165, 1.54) is 11.3 Å². The lowest BCUT2D eigenvalue weighted by atomic mass is 9.85. The van der Waals surface area contributed by atoms with E-state index in [4.69, 9.17) is 0 Å². The second-order valence-corrected chi connectivity index (χ2v) is 5.81. The van der Waals surface area contributed by atoms with Crippen molar-refractivity contribution in [3.63, 3.8) is 0 Å². The van der Waals surface area contributed by atoms with Gasteiger partial charge in [0.1, 0.15) is 6.10 Å². The van der Waals surface area contributed by atoms with Crippen LogP contribution in [0.1, 0.15) is 29.2 Å². The third-order valence-electron chi connectivity index (χ3n) is 4.15. The molecule has 2 heteroatoms. The minimum atomic E-state index is -0.469. The zero-order valence-corrected chi connectivity index (χ0v) is 12.6. The van der Waals surface area contributed by atoms with Gasteiger partial charge in [0.15, 0.2) is 0 Å². The number of aliphatic hydroxyl groups excluding tert-OH is 1. The van der Waals surface area contributed by atoms with E-state index in [0.29, 0.717) is 0 Å². The molecule has 2 aromatic carbocycles. The molecule has 0 amide bonds. The number of hydrogen-bond acceptors (Lipinski definition) is 2. The minimum absolute atomic E-state index is 0.469. The molecule has 21 heavy (non-hydrogen) atoms. The summed E-state index contributed by atoms with van der Waals surface area (Å²) < 4.78 is 0. The topological polar surface area (TPSA) is 23.5 Å². The molecule has 0 aliphatic heterocycles. The lowest BCUT2D eigenvalue weighted by Crippen LogP contribution is -2.12. The molecule has 2 aromatic rings. The standard InChI is InChI=1S/C19H21NO/c1-20(2)17-11-7-14(8-12-17)13-16-10-9-15-5-3-4-6-18(15)19(16)21/h3-8,11-13,19,21H,9-10H2,1-2H3/b16-13+. The number of hydrogen-bond donors (Lipinski definition) is 1. The first-order valence-corrected chi connectivity index (χ1v) is 7.39. The van der Waals surface area contributed by atoms with Gasteiger partial charge in [-0.3, -0.25) is 0 Å². The van der Waals surface area contributed by atoms with E-state index in [2.05, 4.69) is 41.3 Å². The van der Waals surface area contributed by atoms with Crippen molar-refractivity contribution in [3.05, 3.63) is 70.8 Å². The molecule has 2 nitrogen and oxygen atoms in total. The van der Waals surface area contributed by atoms with Crippen molar-refractivity contribution in [2.45, 2.75) is 18.9 Å². The van der Waals surface area contributed by atoms with Crippen molar-refractivity contribution >= 4 is 11.8 Å². The second-order valence-electron chi connectivity index (χ2n) is 5.81. The Morgan fingerprint density at radius 2 is 1.71 bits per heavy atom. The number of nitrogens with zero attached hydrogens (tertiary/aromatic N) is 1. The molecular weight excluding hydrogens is 258 g/mol. The van der Waals surface area contributed by atoms with Gasteiger partial charge in [-0.05, 0) is 47.2 Å². The third kappa shape index (κ3) is 2.86. The van der Waals surface area contributed by atoms with Crippen molar-refractivity contribution in [1.82, 2.24) is 0 Å². The van der Waals surface area contributed by atoms with Gasteiger partial charge in [-0.2, -0.15) is 0 Å². The fourth-order valence-electron chi connectivity index (χ4n) is 2.88. The monoisotopic (exact) mass is 279 g/mol. The first kappa shape index (κ1) is 13.9.